The third-order valence-corrected chi connectivity index (χ3v) is 3.24. The minimum absolute atomic E-state index is 0. The lowest BCUT2D eigenvalue weighted by atomic mass is 10.3. The Labute approximate surface area is 109 Å². The number of hydrogen-bond donors (Lipinski definition) is 1. The molecule has 0 heterocycles. The first kappa shape index (κ1) is 13.1. The summed E-state index contributed by atoms with van der Waals surface area (Å²) in [7, 11) is 0. The van der Waals surface area contributed by atoms with E-state index in [-0.39, 0.29) is 17.9 Å². The van der Waals surface area contributed by atoms with Crippen LogP contribution < -0.4 is 10.5 Å². The molecule has 1 aromatic rings. The minimum atomic E-state index is -0.112. The van der Waals surface area contributed by atoms with Crippen molar-refractivity contribution in [3.8, 4) is 5.75 Å². The standard InChI is InChI=1S/C10H11BrClNO.ClH/c11-7-2-1-3-8(12)9(7)14-6-10(13)4-5-10;/h1-3H,4-6,13H2;1H. The van der Waals surface area contributed by atoms with Crippen molar-refractivity contribution in [1.82, 2.24) is 0 Å². The van der Waals surface area contributed by atoms with Gasteiger partial charge in [-0.15, -0.1) is 12.4 Å². The second-order valence-corrected chi connectivity index (χ2v) is 4.96. The summed E-state index contributed by atoms with van der Waals surface area (Å²) >= 11 is 9.37. The molecule has 0 atom stereocenters. The maximum absolute atomic E-state index is 5.98. The Morgan fingerprint density at radius 2 is 2.13 bits per heavy atom. The number of hydrogen-bond acceptors (Lipinski definition) is 2. The van der Waals surface area contributed by atoms with Crippen LogP contribution in [0.4, 0.5) is 0 Å². The summed E-state index contributed by atoms with van der Waals surface area (Å²) < 4.78 is 6.46. The van der Waals surface area contributed by atoms with Crippen LogP contribution in [0, 0.1) is 0 Å². The van der Waals surface area contributed by atoms with Crippen molar-refractivity contribution in [2.45, 2.75) is 18.4 Å². The summed E-state index contributed by atoms with van der Waals surface area (Å²) in [4.78, 5) is 0. The largest absolute Gasteiger partial charge is 0.489 e. The maximum Gasteiger partial charge on any atom is 0.152 e. The quantitative estimate of drug-likeness (QED) is 0.928. The molecule has 1 saturated carbocycles. The molecule has 0 bridgehead atoms. The summed E-state index contributed by atoms with van der Waals surface area (Å²) in [5.74, 6) is 0.686. The van der Waals surface area contributed by atoms with Crippen LogP contribution in [0.25, 0.3) is 0 Å². The Balaban J connectivity index is 0.00000112. The van der Waals surface area contributed by atoms with Gasteiger partial charge >= 0.3 is 0 Å². The zero-order valence-corrected chi connectivity index (χ0v) is 11.2. The number of nitrogens with two attached hydrogens (primary N) is 1. The van der Waals surface area contributed by atoms with Crippen LogP contribution in [0.1, 0.15) is 12.8 Å². The third kappa shape index (κ3) is 3.25. The van der Waals surface area contributed by atoms with Gasteiger partial charge in [0.15, 0.2) is 5.75 Å². The number of para-hydroxylation sites is 1. The lowest BCUT2D eigenvalue weighted by Crippen LogP contribution is -2.29. The predicted molar refractivity (Wildman–Crippen MR) is 68.0 cm³/mol. The lowest BCUT2D eigenvalue weighted by Gasteiger charge is -2.13. The minimum Gasteiger partial charge on any atom is -0.489 e. The Morgan fingerprint density at radius 3 is 2.67 bits per heavy atom. The first-order valence-electron chi connectivity index (χ1n) is 4.46. The molecule has 1 aliphatic carbocycles. The van der Waals surface area contributed by atoms with Gasteiger partial charge in [0, 0.05) is 0 Å². The van der Waals surface area contributed by atoms with Gasteiger partial charge in [0.05, 0.1) is 15.0 Å². The fourth-order valence-corrected chi connectivity index (χ4v) is 1.97. The van der Waals surface area contributed by atoms with Gasteiger partial charge in [0.1, 0.15) is 6.61 Å². The van der Waals surface area contributed by atoms with Gasteiger partial charge < -0.3 is 10.5 Å². The van der Waals surface area contributed by atoms with Crippen molar-refractivity contribution in [1.29, 1.82) is 0 Å². The van der Waals surface area contributed by atoms with Crippen LogP contribution in [-0.2, 0) is 0 Å². The van der Waals surface area contributed by atoms with E-state index in [4.69, 9.17) is 22.1 Å². The van der Waals surface area contributed by atoms with Gasteiger partial charge in [-0.25, -0.2) is 0 Å². The van der Waals surface area contributed by atoms with Crippen molar-refractivity contribution >= 4 is 39.9 Å². The molecule has 84 valence electrons. The Kier molecular flexibility index (Phi) is 4.29. The van der Waals surface area contributed by atoms with Crippen molar-refractivity contribution in [2.24, 2.45) is 5.73 Å². The van der Waals surface area contributed by atoms with Gasteiger partial charge in [-0.1, -0.05) is 17.7 Å². The molecule has 0 unspecified atom stereocenters. The second kappa shape index (κ2) is 4.91. The number of halogens is 3. The van der Waals surface area contributed by atoms with Crippen LogP contribution in [0.15, 0.2) is 22.7 Å². The van der Waals surface area contributed by atoms with Gasteiger partial charge in [-0.05, 0) is 40.9 Å². The highest BCUT2D eigenvalue weighted by Gasteiger charge is 2.39. The first-order chi connectivity index (χ1) is 6.61. The van der Waals surface area contributed by atoms with Gasteiger partial charge in [0.2, 0.25) is 0 Å². The van der Waals surface area contributed by atoms with E-state index in [1.165, 1.54) is 0 Å². The van der Waals surface area contributed by atoms with Crippen molar-refractivity contribution in [2.75, 3.05) is 6.61 Å². The zero-order valence-electron chi connectivity index (χ0n) is 8.00. The molecule has 2 N–H and O–H groups in total. The van der Waals surface area contributed by atoms with Crippen LogP contribution in [-0.4, -0.2) is 12.1 Å². The molecule has 0 spiro atoms. The molecule has 0 aliphatic heterocycles. The predicted octanol–water partition coefficient (Wildman–Crippen LogP) is 3.39. The van der Waals surface area contributed by atoms with Crippen molar-refractivity contribution < 1.29 is 4.74 Å². The Bertz CT molecular complexity index is 335. The highest BCUT2D eigenvalue weighted by Crippen LogP contribution is 2.37. The second-order valence-electron chi connectivity index (χ2n) is 3.70. The summed E-state index contributed by atoms with van der Waals surface area (Å²) in [5, 5.41) is 0.614. The van der Waals surface area contributed by atoms with Crippen LogP contribution in [0.5, 0.6) is 5.75 Å². The normalized spacial score (nSPS) is 16.7. The summed E-state index contributed by atoms with van der Waals surface area (Å²) in [6.07, 6.45) is 2.07. The molecule has 0 amide bonds. The molecular formula is C10H12BrCl2NO. The Morgan fingerprint density at radius 1 is 1.47 bits per heavy atom. The van der Waals surface area contributed by atoms with E-state index < -0.39 is 0 Å². The fourth-order valence-electron chi connectivity index (χ4n) is 1.14. The zero-order chi connectivity index (χ0) is 10.2. The molecule has 0 aromatic heterocycles. The van der Waals surface area contributed by atoms with E-state index in [9.17, 15) is 0 Å². The molecule has 1 fully saturated rings. The van der Waals surface area contributed by atoms with E-state index in [1.807, 2.05) is 12.1 Å². The van der Waals surface area contributed by atoms with Crippen LogP contribution in [0.2, 0.25) is 5.02 Å². The average molecular weight is 313 g/mol. The highest BCUT2D eigenvalue weighted by molar-refractivity contribution is 9.10. The molecular weight excluding hydrogens is 301 g/mol. The first-order valence-corrected chi connectivity index (χ1v) is 5.64. The smallest absolute Gasteiger partial charge is 0.152 e. The Hall–Kier alpha value is 0.0400. The monoisotopic (exact) mass is 311 g/mol. The summed E-state index contributed by atoms with van der Waals surface area (Å²) in [6.45, 7) is 0.537. The number of benzene rings is 1. The molecule has 15 heavy (non-hydrogen) atoms. The van der Waals surface area contributed by atoms with E-state index in [1.54, 1.807) is 6.07 Å². The van der Waals surface area contributed by atoms with Crippen LogP contribution >= 0.6 is 39.9 Å². The number of rotatable bonds is 3. The van der Waals surface area contributed by atoms with E-state index in [0.29, 0.717) is 17.4 Å². The maximum atomic E-state index is 5.98. The van der Waals surface area contributed by atoms with E-state index in [0.717, 1.165) is 17.3 Å². The summed E-state index contributed by atoms with van der Waals surface area (Å²) in [5.41, 5.74) is 5.80. The average Bonchev–Trinajstić information content (AvgIpc) is 2.83. The molecule has 0 radical (unpaired) electrons. The SMILES string of the molecule is Cl.NC1(COc2c(Cl)cccc2Br)CC1. The van der Waals surface area contributed by atoms with Gasteiger partial charge in [0.25, 0.3) is 0 Å². The fraction of sp³-hybridized carbons (Fsp3) is 0.400. The van der Waals surface area contributed by atoms with Crippen molar-refractivity contribution in [3.63, 3.8) is 0 Å². The molecule has 1 aromatic carbocycles. The topological polar surface area (TPSA) is 35.2 Å². The highest BCUT2D eigenvalue weighted by atomic mass is 79.9. The number of ether oxygens (including phenoxy) is 1. The lowest BCUT2D eigenvalue weighted by molar-refractivity contribution is 0.278. The van der Waals surface area contributed by atoms with Crippen LogP contribution in [0.3, 0.4) is 0 Å². The molecule has 1 aliphatic rings. The van der Waals surface area contributed by atoms with Gasteiger partial charge in [-0.3, -0.25) is 0 Å². The van der Waals surface area contributed by atoms with Crippen molar-refractivity contribution in [3.05, 3.63) is 27.7 Å². The molecule has 0 saturated heterocycles. The van der Waals surface area contributed by atoms with Gasteiger partial charge in [-0.2, -0.15) is 0 Å². The van der Waals surface area contributed by atoms with E-state index >= 15 is 0 Å². The third-order valence-electron chi connectivity index (χ3n) is 2.32. The molecule has 2 rings (SSSR count). The molecule has 2 nitrogen and oxygen atoms in total. The van der Waals surface area contributed by atoms with E-state index in [2.05, 4.69) is 15.9 Å². The molecule has 5 heteroatoms. The summed E-state index contributed by atoms with van der Waals surface area (Å²) in [6, 6.07) is 5.57.